The number of amides is 1. The Hall–Kier alpha value is -3.42. The van der Waals surface area contributed by atoms with E-state index in [-0.39, 0.29) is 18.5 Å². The summed E-state index contributed by atoms with van der Waals surface area (Å²) in [6.45, 7) is 4.55. The largest absolute Gasteiger partial charge is 0.508 e. The van der Waals surface area contributed by atoms with Gasteiger partial charge in [0.05, 0.1) is 17.2 Å². The monoisotopic (exact) mass is 581 g/mol. The summed E-state index contributed by atoms with van der Waals surface area (Å²) in [5, 5.41) is 44.6. The highest BCUT2D eigenvalue weighted by atomic mass is 19.4. The minimum atomic E-state index is -4.87. The molecule has 10 nitrogen and oxygen atoms in total. The van der Waals surface area contributed by atoms with Gasteiger partial charge in [-0.2, -0.15) is 13.2 Å². The van der Waals surface area contributed by atoms with Crippen LogP contribution in [-0.2, 0) is 33.5 Å². The van der Waals surface area contributed by atoms with E-state index in [1.165, 1.54) is 19.0 Å². The van der Waals surface area contributed by atoms with E-state index in [1.807, 2.05) is 6.92 Å². The molecule has 6 N–H and O–H groups in total. The minimum Gasteiger partial charge on any atom is -0.508 e. The van der Waals surface area contributed by atoms with Crippen molar-refractivity contribution in [1.82, 2.24) is 9.80 Å². The summed E-state index contributed by atoms with van der Waals surface area (Å²) >= 11 is 0. The van der Waals surface area contributed by atoms with Crippen LogP contribution in [0.15, 0.2) is 23.0 Å². The van der Waals surface area contributed by atoms with Crippen molar-refractivity contribution in [3.8, 4) is 5.75 Å². The lowest BCUT2D eigenvalue weighted by molar-refractivity contribution is -0.153. The molecule has 0 spiro atoms. The number of likely N-dealkylation sites (N-methyl/N-ethyl adjacent to an activating group) is 1. The highest BCUT2D eigenvalue weighted by molar-refractivity contribution is 6.24. The molecule has 4 atom stereocenters. The van der Waals surface area contributed by atoms with Gasteiger partial charge in [-0.05, 0) is 69.6 Å². The first-order chi connectivity index (χ1) is 19.0. The second kappa shape index (κ2) is 10.4. The van der Waals surface area contributed by atoms with E-state index in [2.05, 4.69) is 0 Å². The number of fused-ring (bicyclic) bond motifs is 3. The van der Waals surface area contributed by atoms with Crippen LogP contribution in [0.1, 0.15) is 48.9 Å². The van der Waals surface area contributed by atoms with Crippen LogP contribution in [0.3, 0.4) is 0 Å². The second-order valence-corrected chi connectivity index (χ2v) is 11.1. The highest BCUT2D eigenvalue weighted by Crippen LogP contribution is 2.54. The summed E-state index contributed by atoms with van der Waals surface area (Å²) in [5.41, 5.74) is -1.25. The molecular formula is C28H34F3N3O7. The molecule has 1 saturated carbocycles. The molecule has 1 aromatic carbocycles. The summed E-state index contributed by atoms with van der Waals surface area (Å²) in [6.07, 6.45) is -4.92. The van der Waals surface area contributed by atoms with E-state index in [9.17, 15) is 48.0 Å². The van der Waals surface area contributed by atoms with Crippen molar-refractivity contribution in [3.05, 3.63) is 45.2 Å². The summed E-state index contributed by atoms with van der Waals surface area (Å²) in [6, 6.07) is -0.410. The van der Waals surface area contributed by atoms with Crippen LogP contribution in [-0.4, -0.2) is 86.5 Å². The first-order valence-corrected chi connectivity index (χ1v) is 13.3. The zero-order valence-electron chi connectivity index (χ0n) is 23.2. The summed E-state index contributed by atoms with van der Waals surface area (Å²) in [7, 11) is 2.88. The number of carbonyl (C=O) groups excluding carboxylic acids is 3. The van der Waals surface area contributed by atoms with Crippen molar-refractivity contribution in [2.75, 3.05) is 27.2 Å². The smallest absolute Gasteiger partial charge is 0.417 e. The number of rotatable bonds is 7. The Morgan fingerprint density at radius 2 is 1.80 bits per heavy atom. The van der Waals surface area contributed by atoms with Gasteiger partial charge in [0, 0.05) is 18.0 Å². The average Bonchev–Trinajstić information content (AvgIpc) is 2.84. The van der Waals surface area contributed by atoms with Crippen LogP contribution in [0.25, 0.3) is 5.76 Å². The van der Waals surface area contributed by atoms with Gasteiger partial charge in [0.15, 0.2) is 11.4 Å². The molecule has 1 amide bonds. The van der Waals surface area contributed by atoms with Gasteiger partial charge in [0.25, 0.3) is 5.91 Å². The van der Waals surface area contributed by atoms with E-state index in [1.54, 1.807) is 11.8 Å². The van der Waals surface area contributed by atoms with Crippen molar-refractivity contribution in [2.45, 2.75) is 57.5 Å². The molecular weight excluding hydrogens is 547 g/mol. The number of hydrogen-bond donors (Lipinski definition) is 5. The number of benzene rings is 1. The third kappa shape index (κ3) is 4.59. The zero-order chi connectivity index (χ0) is 30.8. The number of phenols is 1. The Morgan fingerprint density at radius 1 is 1.17 bits per heavy atom. The van der Waals surface area contributed by atoms with E-state index in [0.29, 0.717) is 19.5 Å². The molecule has 4 rings (SSSR count). The summed E-state index contributed by atoms with van der Waals surface area (Å²) in [5.74, 6) is -8.99. The number of hydrogen-bond acceptors (Lipinski definition) is 9. The maximum Gasteiger partial charge on any atom is 0.417 e. The molecule has 0 saturated heterocycles. The highest BCUT2D eigenvalue weighted by Gasteiger charge is 2.64. The van der Waals surface area contributed by atoms with E-state index in [4.69, 9.17) is 5.73 Å². The van der Waals surface area contributed by atoms with Gasteiger partial charge in [-0.25, -0.2) is 0 Å². The Morgan fingerprint density at radius 3 is 2.32 bits per heavy atom. The van der Waals surface area contributed by atoms with Crippen molar-refractivity contribution < 1.29 is 48.0 Å². The van der Waals surface area contributed by atoms with Gasteiger partial charge < -0.3 is 26.2 Å². The van der Waals surface area contributed by atoms with Crippen LogP contribution in [0.5, 0.6) is 5.75 Å². The number of carbonyl (C=O) groups is 3. The Kier molecular flexibility index (Phi) is 7.78. The van der Waals surface area contributed by atoms with Crippen molar-refractivity contribution in [3.63, 3.8) is 0 Å². The standard InChI is InChI=1S/C28H34F3N3O7/c1-5-7-34(6-2)11-13-10-16(35)18-14(20(13)28(29,30)31)8-12-9-15-21(33(3)4)23(37)19(26(32)40)25(39)27(15,41)24(38)17(12)22(18)36/h10,12,15,21,35-36,39,41H,5-9,11H2,1-4H3,(H2,32,40)/t12-,15-,21-,27-/m0/s1. The van der Waals surface area contributed by atoms with Crippen molar-refractivity contribution in [1.29, 1.82) is 0 Å². The van der Waals surface area contributed by atoms with Crippen LogP contribution in [0.2, 0.25) is 0 Å². The molecule has 1 aromatic rings. The fraction of sp³-hybridized carbons (Fsp3) is 0.536. The zero-order valence-corrected chi connectivity index (χ0v) is 23.2. The number of aliphatic hydroxyl groups is 3. The Bertz CT molecular complexity index is 1380. The van der Waals surface area contributed by atoms with Gasteiger partial charge in [0.2, 0.25) is 5.78 Å². The van der Waals surface area contributed by atoms with Gasteiger partial charge in [0.1, 0.15) is 22.8 Å². The molecule has 0 unspecified atom stereocenters. The molecule has 41 heavy (non-hydrogen) atoms. The number of aliphatic hydroxyl groups excluding tert-OH is 2. The maximum atomic E-state index is 14.6. The van der Waals surface area contributed by atoms with Crippen LogP contribution < -0.4 is 5.73 Å². The lowest BCUT2D eigenvalue weighted by atomic mass is 9.57. The molecule has 0 radical (unpaired) electrons. The number of nitrogens with zero attached hydrogens (tertiary/aromatic N) is 2. The van der Waals surface area contributed by atoms with Crippen molar-refractivity contribution in [2.24, 2.45) is 17.6 Å². The number of alkyl halides is 3. The van der Waals surface area contributed by atoms with E-state index in [0.717, 1.165) is 6.07 Å². The van der Waals surface area contributed by atoms with Gasteiger partial charge in [-0.1, -0.05) is 13.8 Å². The molecule has 0 bridgehead atoms. The number of ketones is 2. The predicted molar refractivity (Wildman–Crippen MR) is 140 cm³/mol. The lowest BCUT2D eigenvalue weighted by Crippen LogP contribution is -2.65. The fourth-order valence-corrected chi connectivity index (χ4v) is 6.77. The minimum absolute atomic E-state index is 0.116. The second-order valence-electron chi connectivity index (χ2n) is 11.1. The third-order valence-electron chi connectivity index (χ3n) is 8.47. The summed E-state index contributed by atoms with van der Waals surface area (Å²) in [4.78, 5) is 42.2. The lowest BCUT2D eigenvalue weighted by Gasteiger charge is -2.50. The molecule has 224 valence electrons. The summed E-state index contributed by atoms with van der Waals surface area (Å²) < 4.78 is 43.8. The normalized spacial score (nSPS) is 26.4. The Labute approximate surface area is 234 Å². The van der Waals surface area contributed by atoms with Gasteiger partial charge in [-0.15, -0.1) is 0 Å². The molecule has 3 aliphatic carbocycles. The quantitative estimate of drug-likeness (QED) is 0.304. The van der Waals surface area contributed by atoms with Crippen molar-refractivity contribution >= 4 is 23.2 Å². The first-order valence-electron chi connectivity index (χ1n) is 13.3. The van der Waals surface area contributed by atoms with Crippen LogP contribution in [0, 0.1) is 11.8 Å². The molecule has 0 heterocycles. The topological polar surface area (TPSA) is 165 Å². The van der Waals surface area contributed by atoms with Crippen LogP contribution in [0.4, 0.5) is 13.2 Å². The molecule has 3 aliphatic rings. The number of primary amides is 1. The maximum absolute atomic E-state index is 14.6. The molecule has 0 aromatic heterocycles. The number of nitrogens with two attached hydrogens (primary N) is 1. The third-order valence-corrected chi connectivity index (χ3v) is 8.47. The number of halogens is 3. The van der Waals surface area contributed by atoms with Crippen LogP contribution >= 0.6 is 0 Å². The number of phenolic OH excluding ortho intramolecular Hbond substituents is 1. The fourth-order valence-electron chi connectivity index (χ4n) is 6.77. The average molecular weight is 582 g/mol. The predicted octanol–water partition coefficient (Wildman–Crippen LogP) is 2.21. The first kappa shape index (κ1) is 30.5. The number of aromatic hydroxyl groups is 1. The number of Topliss-reactive ketones (excluding diaryl/α,β-unsaturated/α-hetero) is 2. The molecule has 13 heteroatoms. The van der Waals surface area contributed by atoms with Gasteiger partial charge in [-0.3, -0.25) is 24.2 Å². The molecule has 0 aliphatic heterocycles. The Balaban J connectivity index is 1.97. The van der Waals surface area contributed by atoms with E-state index >= 15 is 0 Å². The molecule has 1 fully saturated rings. The van der Waals surface area contributed by atoms with E-state index < -0.39 is 98.7 Å². The van der Waals surface area contributed by atoms with Gasteiger partial charge >= 0.3 is 6.18 Å². The SMILES string of the molecule is CCCN(CC)Cc1cc(O)c2c(c1C(F)(F)F)C[C@H]1C[C@H]3[C@H](N(C)C)C(=O)C(C(N)=O)=C(O)[C@@]3(O)C(=O)C1=C2O.